The molecule has 0 unspecified atom stereocenters. The number of nitrogens with zero attached hydrogens (tertiary/aromatic N) is 1. The lowest BCUT2D eigenvalue weighted by atomic mass is 10.0. The van der Waals surface area contributed by atoms with Gasteiger partial charge in [0.05, 0.1) is 12.5 Å². The first-order valence-electron chi connectivity index (χ1n) is 6.29. The SMILES string of the molecule is CC[C@@H](N)c1ccccc1N(C)Cc1ccoc1. The van der Waals surface area contributed by atoms with E-state index in [2.05, 4.69) is 31.0 Å². The predicted molar refractivity (Wildman–Crippen MR) is 74.5 cm³/mol. The zero-order valence-corrected chi connectivity index (χ0v) is 11.0. The molecule has 2 rings (SSSR count). The predicted octanol–water partition coefficient (Wildman–Crippen LogP) is 3.33. The highest BCUT2D eigenvalue weighted by Crippen LogP contribution is 2.26. The molecule has 1 heterocycles. The van der Waals surface area contributed by atoms with Crippen molar-refractivity contribution < 1.29 is 4.42 Å². The van der Waals surface area contributed by atoms with Gasteiger partial charge < -0.3 is 15.1 Å². The summed E-state index contributed by atoms with van der Waals surface area (Å²) in [6.07, 6.45) is 4.42. The van der Waals surface area contributed by atoms with Crippen molar-refractivity contribution in [3.8, 4) is 0 Å². The molecule has 0 aliphatic heterocycles. The number of para-hydroxylation sites is 1. The Morgan fingerprint density at radius 3 is 2.72 bits per heavy atom. The topological polar surface area (TPSA) is 42.4 Å². The Bertz CT molecular complexity index is 479. The van der Waals surface area contributed by atoms with Crippen LogP contribution < -0.4 is 10.6 Å². The van der Waals surface area contributed by atoms with Crippen LogP contribution in [0.1, 0.15) is 30.5 Å². The van der Waals surface area contributed by atoms with E-state index in [0.29, 0.717) is 0 Å². The van der Waals surface area contributed by atoms with Crippen LogP contribution in [0, 0.1) is 0 Å². The Morgan fingerprint density at radius 2 is 2.06 bits per heavy atom. The largest absolute Gasteiger partial charge is 0.472 e. The molecule has 18 heavy (non-hydrogen) atoms. The molecular weight excluding hydrogens is 224 g/mol. The van der Waals surface area contributed by atoms with Crippen LogP contribution in [0.5, 0.6) is 0 Å². The van der Waals surface area contributed by atoms with Crippen molar-refractivity contribution in [1.29, 1.82) is 0 Å². The Morgan fingerprint density at radius 1 is 1.28 bits per heavy atom. The van der Waals surface area contributed by atoms with Gasteiger partial charge in [0.15, 0.2) is 0 Å². The van der Waals surface area contributed by atoms with E-state index in [1.165, 1.54) is 11.3 Å². The Balaban J connectivity index is 2.21. The number of benzene rings is 1. The van der Waals surface area contributed by atoms with Gasteiger partial charge in [0, 0.05) is 30.9 Å². The fourth-order valence-electron chi connectivity index (χ4n) is 2.11. The molecule has 0 spiro atoms. The molecule has 2 N–H and O–H groups in total. The first kappa shape index (κ1) is 12.7. The summed E-state index contributed by atoms with van der Waals surface area (Å²) in [6.45, 7) is 2.93. The normalized spacial score (nSPS) is 12.4. The molecule has 3 nitrogen and oxygen atoms in total. The van der Waals surface area contributed by atoms with E-state index in [9.17, 15) is 0 Å². The summed E-state index contributed by atoms with van der Waals surface area (Å²) in [5, 5.41) is 0. The molecule has 0 aliphatic rings. The average molecular weight is 244 g/mol. The monoisotopic (exact) mass is 244 g/mol. The van der Waals surface area contributed by atoms with Crippen LogP contribution in [0.25, 0.3) is 0 Å². The second-order valence-corrected chi connectivity index (χ2v) is 4.56. The van der Waals surface area contributed by atoms with Crippen LogP contribution in [-0.2, 0) is 6.54 Å². The maximum atomic E-state index is 6.16. The van der Waals surface area contributed by atoms with Gasteiger partial charge in [0.1, 0.15) is 0 Å². The molecule has 0 fully saturated rings. The number of hydrogen-bond donors (Lipinski definition) is 1. The van der Waals surface area contributed by atoms with E-state index in [1.54, 1.807) is 12.5 Å². The van der Waals surface area contributed by atoms with E-state index in [4.69, 9.17) is 10.2 Å². The van der Waals surface area contributed by atoms with Crippen LogP contribution in [0.15, 0.2) is 47.3 Å². The number of anilines is 1. The van der Waals surface area contributed by atoms with Gasteiger partial charge in [0.25, 0.3) is 0 Å². The number of rotatable bonds is 5. The number of hydrogen-bond acceptors (Lipinski definition) is 3. The lowest BCUT2D eigenvalue weighted by Gasteiger charge is -2.24. The molecule has 1 aromatic carbocycles. The van der Waals surface area contributed by atoms with Crippen molar-refractivity contribution in [1.82, 2.24) is 0 Å². The Labute approximate surface area is 108 Å². The van der Waals surface area contributed by atoms with Gasteiger partial charge in [-0.2, -0.15) is 0 Å². The minimum Gasteiger partial charge on any atom is -0.472 e. The maximum Gasteiger partial charge on any atom is 0.0952 e. The average Bonchev–Trinajstić information content (AvgIpc) is 2.90. The van der Waals surface area contributed by atoms with E-state index in [0.717, 1.165) is 18.5 Å². The molecule has 0 bridgehead atoms. The summed E-state index contributed by atoms with van der Waals surface area (Å²) in [4.78, 5) is 2.20. The van der Waals surface area contributed by atoms with Crippen molar-refractivity contribution in [3.05, 3.63) is 54.0 Å². The Hall–Kier alpha value is -1.74. The molecule has 1 atom stereocenters. The first-order chi connectivity index (χ1) is 8.72. The zero-order chi connectivity index (χ0) is 13.0. The lowest BCUT2D eigenvalue weighted by molar-refractivity contribution is 0.563. The minimum absolute atomic E-state index is 0.0907. The van der Waals surface area contributed by atoms with Gasteiger partial charge in [-0.3, -0.25) is 0 Å². The summed E-state index contributed by atoms with van der Waals surface area (Å²) >= 11 is 0. The van der Waals surface area contributed by atoms with E-state index in [1.807, 2.05) is 18.2 Å². The minimum atomic E-state index is 0.0907. The van der Waals surface area contributed by atoms with Crippen LogP contribution in [0.4, 0.5) is 5.69 Å². The summed E-state index contributed by atoms with van der Waals surface area (Å²) in [5.41, 5.74) is 9.71. The van der Waals surface area contributed by atoms with Gasteiger partial charge in [-0.1, -0.05) is 25.1 Å². The molecule has 0 aliphatic carbocycles. The van der Waals surface area contributed by atoms with E-state index >= 15 is 0 Å². The standard InChI is InChI=1S/C15H20N2O/c1-3-14(16)13-6-4-5-7-15(13)17(2)10-12-8-9-18-11-12/h4-9,11,14H,3,10,16H2,1-2H3/t14-/m1/s1. The summed E-state index contributed by atoms with van der Waals surface area (Å²) in [5.74, 6) is 0. The second-order valence-electron chi connectivity index (χ2n) is 4.56. The molecule has 2 aromatic rings. The molecule has 0 saturated carbocycles. The van der Waals surface area contributed by atoms with Gasteiger partial charge in [0.2, 0.25) is 0 Å². The highest BCUT2D eigenvalue weighted by molar-refractivity contribution is 5.54. The number of furan rings is 1. The van der Waals surface area contributed by atoms with Gasteiger partial charge in [-0.15, -0.1) is 0 Å². The van der Waals surface area contributed by atoms with Crippen LogP contribution in [0.3, 0.4) is 0 Å². The molecule has 1 aromatic heterocycles. The number of nitrogens with two attached hydrogens (primary N) is 1. The van der Waals surface area contributed by atoms with E-state index in [-0.39, 0.29) is 6.04 Å². The molecule has 0 amide bonds. The third kappa shape index (κ3) is 2.74. The van der Waals surface area contributed by atoms with Crippen molar-refractivity contribution >= 4 is 5.69 Å². The second kappa shape index (κ2) is 5.74. The highest BCUT2D eigenvalue weighted by atomic mass is 16.3. The molecule has 96 valence electrons. The smallest absolute Gasteiger partial charge is 0.0952 e. The van der Waals surface area contributed by atoms with Gasteiger partial charge >= 0.3 is 0 Å². The quantitative estimate of drug-likeness (QED) is 0.877. The van der Waals surface area contributed by atoms with Gasteiger partial charge in [-0.25, -0.2) is 0 Å². The molecular formula is C15H20N2O. The van der Waals surface area contributed by atoms with E-state index < -0.39 is 0 Å². The summed E-state index contributed by atoms with van der Waals surface area (Å²) in [6, 6.07) is 10.4. The molecule has 3 heteroatoms. The molecule has 0 saturated heterocycles. The Kier molecular flexibility index (Phi) is 4.05. The van der Waals surface area contributed by atoms with Crippen molar-refractivity contribution in [2.24, 2.45) is 5.73 Å². The lowest BCUT2D eigenvalue weighted by Crippen LogP contribution is -2.20. The third-order valence-electron chi connectivity index (χ3n) is 3.19. The van der Waals surface area contributed by atoms with Crippen LogP contribution >= 0.6 is 0 Å². The van der Waals surface area contributed by atoms with Crippen molar-refractivity contribution in [2.75, 3.05) is 11.9 Å². The first-order valence-corrected chi connectivity index (χ1v) is 6.29. The van der Waals surface area contributed by atoms with Gasteiger partial charge in [-0.05, 0) is 24.1 Å². The van der Waals surface area contributed by atoms with Crippen molar-refractivity contribution in [3.63, 3.8) is 0 Å². The summed E-state index contributed by atoms with van der Waals surface area (Å²) < 4.78 is 5.10. The van der Waals surface area contributed by atoms with Crippen molar-refractivity contribution in [2.45, 2.75) is 25.9 Å². The zero-order valence-electron chi connectivity index (χ0n) is 11.0. The maximum absolute atomic E-state index is 6.16. The fourth-order valence-corrected chi connectivity index (χ4v) is 2.11. The van der Waals surface area contributed by atoms with Crippen LogP contribution in [0.2, 0.25) is 0 Å². The highest BCUT2D eigenvalue weighted by Gasteiger charge is 2.12. The molecule has 0 radical (unpaired) electrons. The van der Waals surface area contributed by atoms with Crippen LogP contribution in [-0.4, -0.2) is 7.05 Å². The third-order valence-corrected chi connectivity index (χ3v) is 3.19. The summed E-state index contributed by atoms with van der Waals surface area (Å²) in [7, 11) is 2.08. The fraction of sp³-hybridized carbons (Fsp3) is 0.333.